The van der Waals surface area contributed by atoms with Crippen molar-refractivity contribution in [3.05, 3.63) is 72.4 Å². The highest BCUT2D eigenvalue weighted by Crippen LogP contribution is 2.47. The molecule has 0 aromatic carbocycles. The topological polar surface area (TPSA) is 93.6 Å². The van der Waals surface area contributed by atoms with E-state index in [-0.39, 0.29) is 23.3 Å². The van der Waals surface area contributed by atoms with Gasteiger partial charge in [0.05, 0.1) is 16.7 Å². The third-order valence-electron chi connectivity index (χ3n) is 6.13. The van der Waals surface area contributed by atoms with Crippen LogP contribution in [0.4, 0.5) is 5.69 Å². The molecule has 2 aliphatic rings. The number of hydrazone groups is 1. The molecule has 3 aromatic rings. The second kappa shape index (κ2) is 8.68. The van der Waals surface area contributed by atoms with Gasteiger partial charge in [0.1, 0.15) is 6.20 Å². The molecular weight excluding hydrogens is 458 g/mol. The Morgan fingerprint density at radius 3 is 2.76 bits per heavy atom. The summed E-state index contributed by atoms with van der Waals surface area (Å²) in [6.45, 7) is 4.49. The third kappa shape index (κ3) is 3.93. The molecule has 1 saturated carbocycles. The number of hydrogen-bond donors (Lipinski definition) is 0. The number of thiophene rings is 2. The number of allylic oxidation sites excluding steroid dienone is 1. The highest BCUT2D eigenvalue weighted by Gasteiger charge is 2.47. The molecule has 0 N–H and O–H groups in total. The lowest BCUT2D eigenvalue weighted by atomic mass is 9.74. The molecule has 0 saturated heterocycles. The van der Waals surface area contributed by atoms with Crippen molar-refractivity contribution in [2.45, 2.75) is 39.3 Å². The molecule has 0 spiro atoms. The molecule has 0 bridgehead atoms. The molecule has 4 heterocycles. The largest absolute Gasteiger partial charge is 0.320 e. The van der Waals surface area contributed by atoms with Gasteiger partial charge in [-0.2, -0.15) is 10.2 Å². The summed E-state index contributed by atoms with van der Waals surface area (Å²) in [6.07, 6.45) is 5.27. The van der Waals surface area contributed by atoms with Gasteiger partial charge in [-0.25, -0.2) is 5.01 Å². The number of nitrogens with zero attached hydrogens (tertiary/aromatic N) is 5. The molecule has 0 unspecified atom stereocenters. The van der Waals surface area contributed by atoms with E-state index in [0.717, 1.165) is 33.9 Å². The Labute approximate surface area is 199 Å². The smallest absolute Gasteiger partial charge is 0.265 e. The molecular formula is C23H23N5O3S2. The lowest BCUT2D eigenvalue weighted by Gasteiger charge is -2.31. The maximum Gasteiger partial charge on any atom is 0.320 e. The SMILES string of the molecule is CCn1cc([N+](=O)[O-])c(C(=O)N2N=C3/C(=C/c4cccs4)C[C@@H](C)C[C@@H]3[C@@H]2c2cccs2)n1. The Balaban J connectivity index is 1.61. The second-order valence-corrected chi connectivity index (χ2v) is 10.4. The zero-order valence-corrected chi connectivity index (χ0v) is 19.9. The predicted octanol–water partition coefficient (Wildman–Crippen LogP) is 5.62. The molecule has 8 nitrogen and oxygen atoms in total. The van der Waals surface area contributed by atoms with Crippen LogP contribution in [0, 0.1) is 22.0 Å². The minimum atomic E-state index is -0.549. The fourth-order valence-electron chi connectivity index (χ4n) is 4.71. The molecule has 3 aromatic heterocycles. The number of hydrogen-bond acceptors (Lipinski definition) is 7. The first kappa shape index (κ1) is 21.7. The Morgan fingerprint density at radius 2 is 2.09 bits per heavy atom. The van der Waals surface area contributed by atoms with E-state index in [2.05, 4.69) is 24.2 Å². The second-order valence-electron chi connectivity index (χ2n) is 8.41. The maximum atomic E-state index is 13.7. The van der Waals surface area contributed by atoms with Crippen LogP contribution in [-0.2, 0) is 6.54 Å². The number of rotatable bonds is 5. The number of carbonyl (C=O) groups excluding carboxylic acids is 1. The summed E-state index contributed by atoms with van der Waals surface area (Å²) >= 11 is 3.24. The van der Waals surface area contributed by atoms with Crippen LogP contribution in [0.25, 0.3) is 6.08 Å². The fourth-order valence-corrected chi connectivity index (χ4v) is 6.26. The molecule has 1 amide bonds. The van der Waals surface area contributed by atoms with Crippen LogP contribution in [0.3, 0.4) is 0 Å². The summed E-state index contributed by atoms with van der Waals surface area (Å²) in [6, 6.07) is 7.76. The van der Waals surface area contributed by atoms with E-state index in [1.807, 2.05) is 35.9 Å². The molecule has 33 heavy (non-hydrogen) atoms. The lowest BCUT2D eigenvalue weighted by Crippen LogP contribution is -2.33. The molecule has 0 radical (unpaired) electrons. The normalized spacial score (nSPS) is 23.6. The minimum Gasteiger partial charge on any atom is -0.265 e. The summed E-state index contributed by atoms with van der Waals surface area (Å²) < 4.78 is 1.42. The van der Waals surface area contributed by atoms with Crippen molar-refractivity contribution < 1.29 is 9.72 Å². The zero-order valence-electron chi connectivity index (χ0n) is 18.2. The maximum absolute atomic E-state index is 13.7. The number of aromatic nitrogens is 2. The molecule has 1 aliphatic carbocycles. The van der Waals surface area contributed by atoms with Crippen LogP contribution < -0.4 is 0 Å². The number of aryl methyl sites for hydroxylation is 1. The number of amides is 1. The highest BCUT2D eigenvalue weighted by molar-refractivity contribution is 7.11. The first-order valence-corrected chi connectivity index (χ1v) is 12.6. The van der Waals surface area contributed by atoms with Gasteiger partial charge in [0, 0.05) is 22.2 Å². The average Bonchev–Trinajstić information content (AvgIpc) is 3.58. The average molecular weight is 482 g/mol. The lowest BCUT2D eigenvalue weighted by molar-refractivity contribution is -0.385. The summed E-state index contributed by atoms with van der Waals surface area (Å²) in [5, 5.41) is 26.2. The first-order chi connectivity index (χ1) is 16.0. The van der Waals surface area contributed by atoms with Gasteiger partial charge in [-0.05, 0) is 60.2 Å². The van der Waals surface area contributed by atoms with Crippen LogP contribution in [0.5, 0.6) is 0 Å². The Bertz CT molecular complexity index is 1240. The Morgan fingerprint density at radius 1 is 1.30 bits per heavy atom. The first-order valence-electron chi connectivity index (χ1n) is 10.9. The molecule has 1 aliphatic heterocycles. The van der Waals surface area contributed by atoms with Crippen molar-refractivity contribution >= 4 is 46.1 Å². The van der Waals surface area contributed by atoms with Crippen molar-refractivity contribution in [3.63, 3.8) is 0 Å². The van der Waals surface area contributed by atoms with Gasteiger partial charge in [0.2, 0.25) is 5.69 Å². The summed E-state index contributed by atoms with van der Waals surface area (Å²) in [7, 11) is 0. The van der Waals surface area contributed by atoms with Crippen LogP contribution in [0.15, 0.2) is 51.9 Å². The number of nitro groups is 1. The van der Waals surface area contributed by atoms with Gasteiger partial charge >= 0.3 is 11.6 Å². The van der Waals surface area contributed by atoms with Crippen molar-refractivity contribution in [1.29, 1.82) is 0 Å². The van der Waals surface area contributed by atoms with Crippen molar-refractivity contribution in [2.24, 2.45) is 16.9 Å². The molecule has 1 fully saturated rings. The fraction of sp³-hybridized carbons (Fsp3) is 0.348. The van der Waals surface area contributed by atoms with Crippen LogP contribution in [-0.4, -0.2) is 31.3 Å². The van der Waals surface area contributed by atoms with E-state index in [9.17, 15) is 14.9 Å². The summed E-state index contributed by atoms with van der Waals surface area (Å²) in [5.74, 6) is -0.0569. The van der Waals surface area contributed by atoms with Crippen molar-refractivity contribution in [2.75, 3.05) is 0 Å². The predicted molar refractivity (Wildman–Crippen MR) is 129 cm³/mol. The standard InChI is InChI=1S/C23H23N5O3S2/c1-3-26-13-18(28(30)31)21(24-26)23(29)27-22(19-7-5-9-33-19)17-11-14(2)10-15(20(17)25-27)12-16-6-4-8-32-16/h4-9,12-14,17,22H,3,10-11H2,1-2H3/b15-12+/t14-,17+,22-/m1/s1. The van der Waals surface area contributed by atoms with Crippen LogP contribution >= 0.6 is 22.7 Å². The van der Waals surface area contributed by atoms with Crippen LogP contribution in [0.1, 0.15) is 53.0 Å². The van der Waals surface area contributed by atoms with Gasteiger partial charge in [-0.3, -0.25) is 19.6 Å². The van der Waals surface area contributed by atoms with E-state index < -0.39 is 10.8 Å². The van der Waals surface area contributed by atoms with Crippen molar-refractivity contribution in [3.8, 4) is 0 Å². The quantitative estimate of drug-likeness (QED) is 0.349. The van der Waals surface area contributed by atoms with Gasteiger partial charge < -0.3 is 0 Å². The summed E-state index contributed by atoms with van der Waals surface area (Å²) in [5.41, 5.74) is 1.59. The zero-order chi connectivity index (χ0) is 23.1. The van der Waals surface area contributed by atoms with E-state index >= 15 is 0 Å². The molecule has 3 atom stereocenters. The Hall–Kier alpha value is -3.11. The van der Waals surface area contributed by atoms with Gasteiger partial charge in [0.15, 0.2) is 0 Å². The van der Waals surface area contributed by atoms with E-state index in [4.69, 9.17) is 5.10 Å². The molecule has 5 rings (SSSR count). The van der Waals surface area contributed by atoms with Gasteiger partial charge in [0.25, 0.3) is 0 Å². The van der Waals surface area contributed by atoms with Crippen molar-refractivity contribution in [1.82, 2.24) is 14.8 Å². The van der Waals surface area contributed by atoms with Gasteiger partial charge in [-0.1, -0.05) is 19.1 Å². The summed E-state index contributed by atoms with van der Waals surface area (Å²) in [4.78, 5) is 26.9. The number of fused-ring (bicyclic) bond motifs is 1. The highest BCUT2D eigenvalue weighted by atomic mass is 32.1. The molecule has 10 heteroatoms. The molecule has 170 valence electrons. The monoisotopic (exact) mass is 481 g/mol. The third-order valence-corrected chi connectivity index (χ3v) is 7.90. The van der Waals surface area contributed by atoms with E-state index in [1.165, 1.54) is 15.9 Å². The van der Waals surface area contributed by atoms with Gasteiger partial charge in [-0.15, -0.1) is 22.7 Å². The van der Waals surface area contributed by atoms with E-state index in [0.29, 0.717) is 12.5 Å². The van der Waals surface area contributed by atoms with E-state index in [1.54, 1.807) is 22.7 Å². The van der Waals surface area contributed by atoms with Crippen LogP contribution in [0.2, 0.25) is 0 Å². The number of carbonyl (C=O) groups is 1. The Kier molecular flexibility index (Phi) is 5.71. The minimum absolute atomic E-state index is 0.0369.